The van der Waals surface area contributed by atoms with E-state index in [4.69, 9.17) is 0 Å². The minimum Gasteiger partial charge on any atom is -0.548 e. The Bertz CT molecular complexity index is 682. The van der Waals surface area contributed by atoms with E-state index in [9.17, 15) is 27.9 Å². The average Bonchev–Trinajstić information content (AvgIpc) is 3.29. The van der Waals surface area contributed by atoms with Crippen LogP contribution in [0, 0.1) is 0 Å². The van der Waals surface area contributed by atoms with E-state index < -0.39 is 35.8 Å². The summed E-state index contributed by atoms with van der Waals surface area (Å²) in [5.41, 5.74) is -0.924. The van der Waals surface area contributed by atoms with Crippen molar-refractivity contribution in [3.63, 3.8) is 0 Å². The van der Waals surface area contributed by atoms with Crippen LogP contribution in [0.2, 0.25) is 0 Å². The predicted octanol–water partition coefficient (Wildman–Crippen LogP) is -2.53. The second kappa shape index (κ2) is 8.24. The molecule has 2 aliphatic rings. The number of pyridine rings is 1. The van der Waals surface area contributed by atoms with Crippen LogP contribution in [0.5, 0.6) is 0 Å². The predicted molar refractivity (Wildman–Crippen MR) is 77.8 cm³/mol. The third-order valence-electron chi connectivity index (χ3n) is 4.52. The van der Waals surface area contributed by atoms with Gasteiger partial charge in [-0.1, -0.05) is 6.07 Å². The average molecular weight is 379 g/mol. The van der Waals surface area contributed by atoms with Gasteiger partial charge in [-0.2, -0.15) is 13.2 Å². The van der Waals surface area contributed by atoms with Gasteiger partial charge in [-0.05, 0) is 37.8 Å². The Hall–Kier alpha value is -1.16. The SMILES string of the molecule is O=C([O-])C1CCC(C(=O)NCc2cccc(C(F)(F)F)n2)N1C1CC1.[Na+]. The van der Waals surface area contributed by atoms with E-state index in [1.54, 1.807) is 4.90 Å². The number of rotatable bonds is 5. The fourth-order valence-electron chi connectivity index (χ4n) is 3.25. The number of carboxylic acids is 1. The van der Waals surface area contributed by atoms with Crippen molar-refractivity contribution in [2.24, 2.45) is 0 Å². The van der Waals surface area contributed by atoms with Gasteiger partial charge >= 0.3 is 35.7 Å². The Kier molecular flexibility index (Phi) is 6.70. The van der Waals surface area contributed by atoms with Crippen molar-refractivity contribution < 1.29 is 57.4 Å². The van der Waals surface area contributed by atoms with Gasteiger partial charge in [0, 0.05) is 6.04 Å². The van der Waals surface area contributed by atoms with Gasteiger partial charge in [-0.3, -0.25) is 9.69 Å². The van der Waals surface area contributed by atoms with Crippen LogP contribution in [0.25, 0.3) is 0 Å². The number of likely N-dealkylation sites (tertiary alicyclic amines) is 1. The van der Waals surface area contributed by atoms with Crippen molar-refractivity contribution in [3.05, 3.63) is 29.6 Å². The number of amides is 1. The number of hydrogen-bond donors (Lipinski definition) is 1. The Morgan fingerprint density at radius 2 is 1.85 bits per heavy atom. The number of carbonyl (C=O) groups is 2. The first-order valence-corrected chi connectivity index (χ1v) is 8.06. The van der Waals surface area contributed by atoms with E-state index in [0.717, 1.165) is 18.9 Å². The van der Waals surface area contributed by atoms with Gasteiger partial charge in [-0.15, -0.1) is 0 Å². The molecule has 1 N–H and O–H groups in total. The molecule has 1 aromatic rings. The van der Waals surface area contributed by atoms with Crippen molar-refractivity contribution in [3.8, 4) is 0 Å². The van der Waals surface area contributed by atoms with Crippen LogP contribution in [0.1, 0.15) is 37.1 Å². The number of aliphatic carboxylic acids is 1. The van der Waals surface area contributed by atoms with Gasteiger partial charge < -0.3 is 15.2 Å². The third kappa shape index (κ3) is 4.76. The third-order valence-corrected chi connectivity index (χ3v) is 4.52. The van der Waals surface area contributed by atoms with E-state index in [1.807, 2.05) is 0 Å². The molecule has 2 fully saturated rings. The van der Waals surface area contributed by atoms with Crippen LogP contribution in [0.4, 0.5) is 13.2 Å². The molecule has 3 rings (SSSR count). The number of nitrogens with zero attached hydrogens (tertiary/aromatic N) is 2. The van der Waals surface area contributed by atoms with Crippen LogP contribution in [0.3, 0.4) is 0 Å². The second-order valence-corrected chi connectivity index (χ2v) is 6.34. The number of carboxylic acid groups (broad SMARTS) is 1. The normalized spacial score (nSPS) is 23.3. The smallest absolute Gasteiger partial charge is 0.548 e. The summed E-state index contributed by atoms with van der Waals surface area (Å²) in [5, 5.41) is 13.8. The maximum atomic E-state index is 12.7. The van der Waals surface area contributed by atoms with Gasteiger partial charge in [0.15, 0.2) is 0 Å². The first-order valence-electron chi connectivity index (χ1n) is 8.06. The molecule has 1 saturated heterocycles. The van der Waals surface area contributed by atoms with Crippen molar-refractivity contribution in [2.75, 3.05) is 0 Å². The zero-order chi connectivity index (χ0) is 18.2. The zero-order valence-electron chi connectivity index (χ0n) is 14.3. The molecule has 2 heterocycles. The molecule has 2 unspecified atom stereocenters. The van der Waals surface area contributed by atoms with E-state index in [1.165, 1.54) is 12.1 Å². The number of halogens is 3. The number of nitrogens with one attached hydrogen (secondary N) is 1. The molecule has 1 saturated carbocycles. The topological polar surface area (TPSA) is 85.4 Å². The molecule has 1 amide bonds. The van der Waals surface area contributed by atoms with Gasteiger partial charge in [0.25, 0.3) is 0 Å². The Balaban J connectivity index is 0.00000243. The van der Waals surface area contributed by atoms with Gasteiger partial charge in [0.1, 0.15) is 5.69 Å². The molecule has 0 spiro atoms. The molecular weight excluding hydrogens is 362 g/mol. The molecule has 0 radical (unpaired) electrons. The van der Waals surface area contributed by atoms with Crippen LogP contribution in [-0.2, 0) is 22.3 Å². The first kappa shape index (κ1) is 21.1. The zero-order valence-corrected chi connectivity index (χ0v) is 16.3. The molecule has 6 nitrogen and oxygen atoms in total. The number of hydrogen-bond acceptors (Lipinski definition) is 5. The molecule has 26 heavy (non-hydrogen) atoms. The molecule has 0 aromatic carbocycles. The van der Waals surface area contributed by atoms with Gasteiger partial charge in [0.2, 0.25) is 5.91 Å². The van der Waals surface area contributed by atoms with Crippen LogP contribution in [-0.4, -0.2) is 39.9 Å². The summed E-state index contributed by atoms with van der Waals surface area (Å²) in [5.74, 6) is -1.59. The maximum absolute atomic E-state index is 12.7. The summed E-state index contributed by atoms with van der Waals surface area (Å²) in [6, 6.07) is 2.17. The van der Waals surface area contributed by atoms with Crippen molar-refractivity contribution in [1.29, 1.82) is 0 Å². The molecule has 1 aliphatic carbocycles. The fourth-order valence-corrected chi connectivity index (χ4v) is 3.25. The van der Waals surface area contributed by atoms with Crippen LogP contribution in [0.15, 0.2) is 18.2 Å². The van der Waals surface area contributed by atoms with Gasteiger partial charge in [-0.25, -0.2) is 4.98 Å². The van der Waals surface area contributed by atoms with Crippen molar-refractivity contribution in [2.45, 2.75) is 56.5 Å². The monoisotopic (exact) mass is 379 g/mol. The molecule has 0 bridgehead atoms. The molecule has 1 aromatic heterocycles. The summed E-state index contributed by atoms with van der Waals surface area (Å²) < 4.78 is 38.0. The number of alkyl halides is 3. The largest absolute Gasteiger partial charge is 1.00 e. The minimum absolute atomic E-state index is 0. The minimum atomic E-state index is -4.55. The number of carbonyl (C=O) groups excluding carboxylic acids is 2. The van der Waals surface area contributed by atoms with E-state index in [0.29, 0.717) is 12.8 Å². The molecular formula is C16H17F3N3NaO3. The molecule has 136 valence electrons. The molecule has 2 atom stereocenters. The summed E-state index contributed by atoms with van der Waals surface area (Å²) in [6.07, 6.45) is -2.16. The quantitative estimate of drug-likeness (QED) is 0.571. The number of aromatic nitrogens is 1. The van der Waals surface area contributed by atoms with E-state index in [2.05, 4.69) is 10.3 Å². The summed E-state index contributed by atoms with van der Waals surface area (Å²) >= 11 is 0. The maximum Gasteiger partial charge on any atom is 1.00 e. The summed E-state index contributed by atoms with van der Waals surface area (Å²) in [4.78, 5) is 28.8. The molecule has 10 heteroatoms. The summed E-state index contributed by atoms with van der Waals surface area (Å²) in [6.45, 7) is -0.145. The Morgan fingerprint density at radius 1 is 1.19 bits per heavy atom. The second-order valence-electron chi connectivity index (χ2n) is 6.34. The van der Waals surface area contributed by atoms with Crippen molar-refractivity contribution >= 4 is 11.9 Å². The Morgan fingerprint density at radius 3 is 2.42 bits per heavy atom. The van der Waals surface area contributed by atoms with Crippen LogP contribution < -0.4 is 40.0 Å². The van der Waals surface area contributed by atoms with Crippen LogP contribution >= 0.6 is 0 Å². The van der Waals surface area contributed by atoms with Gasteiger partial charge in [0.05, 0.1) is 30.3 Å². The van der Waals surface area contributed by atoms with Crippen molar-refractivity contribution in [1.82, 2.24) is 15.2 Å². The molecule has 1 aliphatic heterocycles. The summed E-state index contributed by atoms with van der Waals surface area (Å²) in [7, 11) is 0. The van der Waals surface area contributed by atoms with E-state index >= 15 is 0 Å². The van der Waals surface area contributed by atoms with E-state index in [-0.39, 0.29) is 47.8 Å². The Labute approximate surface area is 170 Å². The standard InChI is InChI=1S/C16H18F3N3O3.Na/c17-16(18,19)13-3-1-2-9(21-13)8-20-14(23)11-6-7-12(15(24)25)22(11)10-4-5-10;/h1-3,10-12H,4-8H2,(H,20,23)(H,24,25);/q;+1/p-1. The fraction of sp³-hybridized carbons (Fsp3) is 0.562. The first-order chi connectivity index (χ1) is 11.8.